The van der Waals surface area contributed by atoms with E-state index >= 15 is 0 Å². The van der Waals surface area contributed by atoms with Gasteiger partial charge in [-0.3, -0.25) is 9.59 Å². The van der Waals surface area contributed by atoms with Gasteiger partial charge in [-0.1, -0.05) is 24.1 Å². The molecule has 4 atom stereocenters. The maximum Gasteiger partial charge on any atom is 0.155 e. The molecule has 4 rings (SSSR count). The van der Waals surface area contributed by atoms with Gasteiger partial charge in [0.1, 0.15) is 5.78 Å². The van der Waals surface area contributed by atoms with Crippen molar-refractivity contribution in [1.82, 2.24) is 0 Å². The Balaban J connectivity index is 1.72. The molecule has 0 aliphatic heterocycles. The monoisotopic (exact) mass is 270 g/mol. The van der Waals surface area contributed by atoms with Gasteiger partial charge >= 0.3 is 0 Å². The molecule has 2 saturated carbocycles. The lowest BCUT2D eigenvalue weighted by molar-refractivity contribution is -0.127. The standard InChI is InChI=1S/C18H22O2/c1-18-9-8-14-13-5-3-12(19)10-11(13)2-4-15(14)16(18)6-7-17(18)20/h8,10,13,15-16H,2-7,9H2,1H3/t13-,15+,16-,18-/m0/s1. The van der Waals surface area contributed by atoms with E-state index in [0.717, 1.165) is 38.5 Å². The summed E-state index contributed by atoms with van der Waals surface area (Å²) < 4.78 is 0. The molecule has 0 aromatic carbocycles. The first-order valence-electron chi connectivity index (χ1n) is 8.06. The molecule has 0 bridgehead atoms. The van der Waals surface area contributed by atoms with Gasteiger partial charge in [0.25, 0.3) is 0 Å². The molecule has 0 aromatic heterocycles. The lowest BCUT2D eigenvalue weighted by atomic mass is 9.57. The molecule has 4 aliphatic carbocycles. The van der Waals surface area contributed by atoms with Crippen LogP contribution < -0.4 is 0 Å². The number of fused-ring (bicyclic) bond motifs is 5. The minimum Gasteiger partial charge on any atom is -0.299 e. The van der Waals surface area contributed by atoms with Gasteiger partial charge < -0.3 is 0 Å². The van der Waals surface area contributed by atoms with Crippen LogP contribution in [0, 0.1) is 23.2 Å². The van der Waals surface area contributed by atoms with Crippen LogP contribution >= 0.6 is 0 Å². The fourth-order valence-electron chi connectivity index (χ4n) is 5.29. The van der Waals surface area contributed by atoms with Crippen LogP contribution in [0.4, 0.5) is 0 Å². The van der Waals surface area contributed by atoms with Crippen molar-refractivity contribution in [1.29, 1.82) is 0 Å². The van der Waals surface area contributed by atoms with Crippen LogP contribution in [0.1, 0.15) is 51.9 Å². The Bertz CT molecular complexity index is 554. The molecular weight excluding hydrogens is 248 g/mol. The zero-order valence-electron chi connectivity index (χ0n) is 12.2. The topological polar surface area (TPSA) is 34.1 Å². The second-order valence-corrected chi connectivity index (χ2v) is 7.32. The van der Waals surface area contributed by atoms with Gasteiger partial charge in [-0.15, -0.1) is 0 Å². The number of hydrogen-bond donors (Lipinski definition) is 0. The number of hydrogen-bond acceptors (Lipinski definition) is 2. The van der Waals surface area contributed by atoms with E-state index in [0.29, 0.717) is 35.7 Å². The Labute approximate surface area is 120 Å². The van der Waals surface area contributed by atoms with Gasteiger partial charge in [0.15, 0.2) is 5.78 Å². The van der Waals surface area contributed by atoms with Gasteiger partial charge in [0, 0.05) is 24.2 Å². The summed E-state index contributed by atoms with van der Waals surface area (Å²) >= 11 is 0. The highest BCUT2D eigenvalue weighted by atomic mass is 16.1. The number of carbonyl (C=O) groups is 2. The molecule has 0 amide bonds. The number of Topliss-reactive ketones (excluding diaryl/α,β-unsaturated/α-hetero) is 1. The molecule has 20 heavy (non-hydrogen) atoms. The van der Waals surface area contributed by atoms with Crippen LogP contribution in [0.5, 0.6) is 0 Å². The predicted molar refractivity (Wildman–Crippen MR) is 77.1 cm³/mol. The third kappa shape index (κ3) is 1.57. The van der Waals surface area contributed by atoms with Crippen LogP contribution in [0.2, 0.25) is 0 Å². The smallest absolute Gasteiger partial charge is 0.155 e. The molecule has 0 heterocycles. The third-order valence-corrected chi connectivity index (χ3v) is 6.43. The van der Waals surface area contributed by atoms with E-state index in [9.17, 15) is 9.59 Å². The van der Waals surface area contributed by atoms with Crippen molar-refractivity contribution in [2.45, 2.75) is 51.9 Å². The fourth-order valence-corrected chi connectivity index (χ4v) is 5.29. The largest absolute Gasteiger partial charge is 0.299 e. The van der Waals surface area contributed by atoms with Gasteiger partial charge in [-0.05, 0) is 50.0 Å². The molecule has 2 fully saturated rings. The lowest BCUT2D eigenvalue weighted by Crippen LogP contribution is -2.41. The van der Waals surface area contributed by atoms with Crippen molar-refractivity contribution in [3.05, 3.63) is 23.3 Å². The van der Waals surface area contributed by atoms with Crippen molar-refractivity contribution in [3.63, 3.8) is 0 Å². The summed E-state index contributed by atoms with van der Waals surface area (Å²) in [6.45, 7) is 2.19. The van der Waals surface area contributed by atoms with E-state index < -0.39 is 0 Å². The lowest BCUT2D eigenvalue weighted by Gasteiger charge is -2.47. The van der Waals surface area contributed by atoms with Gasteiger partial charge in [0.05, 0.1) is 0 Å². The van der Waals surface area contributed by atoms with E-state index in [1.54, 1.807) is 5.57 Å². The SMILES string of the molecule is C[C@]12CC=C3[C@H]4CCC(=O)C=C4CC[C@H]3[C@@H]1CCC2=O. The Morgan fingerprint density at radius 1 is 1.10 bits per heavy atom. The molecule has 0 spiro atoms. The van der Waals surface area contributed by atoms with E-state index in [1.165, 1.54) is 5.57 Å². The van der Waals surface area contributed by atoms with Gasteiger partial charge in [-0.25, -0.2) is 0 Å². The zero-order chi connectivity index (χ0) is 13.9. The van der Waals surface area contributed by atoms with Crippen molar-refractivity contribution < 1.29 is 9.59 Å². The third-order valence-electron chi connectivity index (χ3n) is 6.43. The maximum absolute atomic E-state index is 12.2. The first kappa shape index (κ1) is 12.6. The first-order valence-corrected chi connectivity index (χ1v) is 8.06. The molecule has 2 nitrogen and oxygen atoms in total. The maximum atomic E-state index is 12.2. The quantitative estimate of drug-likeness (QED) is 0.630. The molecule has 0 unspecified atom stereocenters. The highest BCUT2D eigenvalue weighted by Crippen LogP contribution is 2.58. The Morgan fingerprint density at radius 2 is 1.95 bits per heavy atom. The van der Waals surface area contributed by atoms with E-state index in [2.05, 4.69) is 13.0 Å². The summed E-state index contributed by atoms with van der Waals surface area (Å²) in [5.74, 6) is 2.49. The zero-order valence-corrected chi connectivity index (χ0v) is 12.2. The van der Waals surface area contributed by atoms with Crippen LogP contribution in [0.15, 0.2) is 23.3 Å². The molecule has 0 saturated heterocycles. The van der Waals surface area contributed by atoms with Crippen molar-refractivity contribution in [2.75, 3.05) is 0 Å². The van der Waals surface area contributed by atoms with E-state index in [-0.39, 0.29) is 5.41 Å². The number of ketones is 2. The number of rotatable bonds is 0. The average molecular weight is 270 g/mol. The molecule has 0 aromatic rings. The predicted octanol–water partition coefficient (Wildman–Crippen LogP) is 3.62. The molecule has 0 N–H and O–H groups in total. The van der Waals surface area contributed by atoms with Crippen LogP contribution in [0.3, 0.4) is 0 Å². The molecule has 2 heteroatoms. The van der Waals surface area contributed by atoms with Crippen LogP contribution in [-0.2, 0) is 9.59 Å². The molecular formula is C18H22O2. The average Bonchev–Trinajstić information content (AvgIpc) is 2.74. The molecule has 106 valence electrons. The van der Waals surface area contributed by atoms with Crippen molar-refractivity contribution in [3.8, 4) is 0 Å². The number of allylic oxidation sites excluding steroid dienone is 4. The van der Waals surface area contributed by atoms with E-state index in [1.807, 2.05) is 6.08 Å². The first-order chi connectivity index (χ1) is 9.59. The summed E-state index contributed by atoms with van der Waals surface area (Å²) in [5.41, 5.74) is 2.86. The second kappa shape index (κ2) is 4.16. The minimum absolute atomic E-state index is 0.0835. The molecule has 0 radical (unpaired) electrons. The summed E-state index contributed by atoms with van der Waals surface area (Å²) in [6, 6.07) is 0. The fraction of sp³-hybridized carbons (Fsp3) is 0.667. The van der Waals surface area contributed by atoms with Crippen molar-refractivity contribution >= 4 is 11.6 Å². The minimum atomic E-state index is -0.0835. The Kier molecular flexibility index (Phi) is 2.61. The second-order valence-electron chi connectivity index (χ2n) is 7.32. The van der Waals surface area contributed by atoms with Gasteiger partial charge in [-0.2, -0.15) is 0 Å². The van der Waals surface area contributed by atoms with E-state index in [4.69, 9.17) is 0 Å². The Morgan fingerprint density at radius 3 is 2.80 bits per heavy atom. The van der Waals surface area contributed by atoms with Crippen LogP contribution in [-0.4, -0.2) is 11.6 Å². The van der Waals surface area contributed by atoms with Gasteiger partial charge in [0.2, 0.25) is 0 Å². The summed E-state index contributed by atoms with van der Waals surface area (Å²) in [6.07, 6.45) is 11.0. The molecule has 4 aliphatic rings. The van der Waals surface area contributed by atoms with Crippen LogP contribution in [0.25, 0.3) is 0 Å². The van der Waals surface area contributed by atoms with Crippen molar-refractivity contribution in [2.24, 2.45) is 23.2 Å². The summed E-state index contributed by atoms with van der Waals surface area (Å²) in [5, 5.41) is 0. The normalized spacial score (nSPS) is 43.4. The summed E-state index contributed by atoms with van der Waals surface area (Å²) in [4.78, 5) is 23.9. The summed E-state index contributed by atoms with van der Waals surface area (Å²) in [7, 11) is 0. The highest BCUT2D eigenvalue weighted by Gasteiger charge is 2.53. The number of carbonyl (C=O) groups excluding carboxylic acids is 2. The highest BCUT2D eigenvalue weighted by molar-refractivity contribution is 5.91. The Hall–Kier alpha value is -1.18.